The van der Waals surface area contributed by atoms with Gasteiger partial charge >= 0.3 is 5.97 Å². The molecule has 1 fully saturated rings. The van der Waals surface area contributed by atoms with Crippen LogP contribution < -0.4 is 5.32 Å². The van der Waals surface area contributed by atoms with Gasteiger partial charge in [0, 0.05) is 6.92 Å². The maximum absolute atomic E-state index is 12.0. The van der Waals surface area contributed by atoms with E-state index >= 15 is 0 Å². The van der Waals surface area contributed by atoms with Crippen LogP contribution >= 0.6 is 0 Å². The lowest BCUT2D eigenvalue weighted by Gasteiger charge is -2.27. The minimum absolute atomic E-state index is 0.166. The number of carbonyl (C=O) groups is 2. The van der Waals surface area contributed by atoms with Gasteiger partial charge in [0.05, 0.1) is 18.4 Å². The third-order valence-corrected chi connectivity index (χ3v) is 3.41. The number of carboxylic acids is 1. The third kappa shape index (κ3) is 3.30. The number of aryl methyl sites for hydroxylation is 1. The number of hydrogen-bond acceptors (Lipinski definition) is 5. The lowest BCUT2D eigenvalue weighted by Crippen LogP contribution is -2.39. The average Bonchev–Trinajstić information content (AvgIpc) is 2.81. The second-order valence-corrected chi connectivity index (χ2v) is 4.78. The van der Waals surface area contributed by atoms with E-state index in [1.165, 1.54) is 0 Å². The first-order valence-corrected chi connectivity index (χ1v) is 6.37. The molecule has 19 heavy (non-hydrogen) atoms. The molecule has 7 heteroatoms. The van der Waals surface area contributed by atoms with E-state index in [9.17, 15) is 9.59 Å². The molecule has 7 nitrogen and oxygen atoms in total. The molecule has 1 heterocycles. The van der Waals surface area contributed by atoms with Crippen molar-refractivity contribution in [3.05, 3.63) is 11.7 Å². The largest absolute Gasteiger partial charge is 0.481 e. The molecular weight excluding hydrogens is 250 g/mol. The first-order chi connectivity index (χ1) is 9.08. The molecule has 0 spiro atoms. The van der Waals surface area contributed by atoms with Gasteiger partial charge in [-0.3, -0.25) is 9.59 Å². The summed E-state index contributed by atoms with van der Waals surface area (Å²) in [5, 5.41) is 15.5. The van der Waals surface area contributed by atoms with Crippen LogP contribution in [0.1, 0.15) is 37.4 Å². The number of nitrogens with one attached hydrogen (secondary N) is 1. The van der Waals surface area contributed by atoms with E-state index in [2.05, 4.69) is 15.5 Å². The first-order valence-electron chi connectivity index (χ1n) is 6.37. The van der Waals surface area contributed by atoms with Crippen LogP contribution in [-0.2, 0) is 16.1 Å². The SMILES string of the molecule is Cc1nc(CNC(=O)[C@@H]2CCCC[C@@H]2C(=O)O)no1. The zero-order valence-electron chi connectivity index (χ0n) is 10.8. The molecule has 0 aromatic carbocycles. The van der Waals surface area contributed by atoms with E-state index < -0.39 is 17.8 Å². The summed E-state index contributed by atoms with van der Waals surface area (Å²) in [6.07, 6.45) is 2.94. The second-order valence-electron chi connectivity index (χ2n) is 4.78. The Morgan fingerprint density at radius 3 is 2.63 bits per heavy atom. The number of rotatable bonds is 4. The quantitative estimate of drug-likeness (QED) is 0.839. The Bertz CT molecular complexity index is 471. The van der Waals surface area contributed by atoms with E-state index in [0.29, 0.717) is 24.6 Å². The summed E-state index contributed by atoms with van der Waals surface area (Å²) in [5.74, 6) is -1.34. The summed E-state index contributed by atoms with van der Waals surface area (Å²) < 4.78 is 4.80. The molecule has 2 N–H and O–H groups in total. The second kappa shape index (κ2) is 5.81. The van der Waals surface area contributed by atoms with Crippen LogP contribution in [0.4, 0.5) is 0 Å². The van der Waals surface area contributed by atoms with Gasteiger partial charge in [-0.25, -0.2) is 0 Å². The molecule has 2 rings (SSSR count). The molecule has 1 aromatic rings. The maximum Gasteiger partial charge on any atom is 0.307 e. The van der Waals surface area contributed by atoms with E-state index in [1.807, 2.05) is 0 Å². The average molecular weight is 267 g/mol. The fourth-order valence-corrected chi connectivity index (χ4v) is 2.45. The molecule has 104 valence electrons. The Morgan fingerprint density at radius 1 is 1.37 bits per heavy atom. The van der Waals surface area contributed by atoms with Crippen molar-refractivity contribution in [2.75, 3.05) is 0 Å². The highest BCUT2D eigenvalue weighted by Crippen LogP contribution is 2.30. The number of carboxylic acid groups (broad SMARTS) is 1. The monoisotopic (exact) mass is 267 g/mol. The molecule has 0 radical (unpaired) electrons. The van der Waals surface area contributed by atoms with Gasteiger partial charge in [0.2, 0.25) is 11.8 Å². The van der Waals surface area contributed by atoms with Crippen LogP contribution in [0.15, 0.2) is 4.52 Å². The van der Waals surface area contributed by atoms with Crippen molar-refractivity contribution in [2.45, 2.75) is 39.2 Å². The van der Waals surface area contributed by atoms with Crippen molar-refractivity contribution >= 4 is 11.9 Å². The third-order valence-electron chi connectivity index (χ3n) is 3.41. The summed E-state index contributed by atoms with van der Waals surface area (Å²) in [4.78, 5) is 27.1. The Balaban J connectivity index is 1.92. The molecule has 1 aliphatic rings. The van der Waals surface area contributed by atoms with Gasteiger partial charge in [0.15, 0.2) is 5.82 Å². The maximum atomic E-state index is 12.0. The van der Waals surface area contributed by atoms with E-state index in [-0.39, 0.29) is 12.5 Å². The van der Waals surface area contributed by atoms with Crippen molar-refractivity contribution in [1.82, 2.24) is 15.5 Å². The van der Waals surface area contributed by atoms with Gasteiger partial charge in [0.1, 0.15) is 0 Å². The molecule has 1 amide bonds. The van der Waals surface area contributed by atoms with Crippen molar-refractivity contribution in [3.8, 4) is 0 Å². The predicted octanol–water partition coefficient (Wildman–Crippen LogP) is 0.885. The normalized spacial score (nSPS) is 23.0. The number of carbonyl (C=O) groups excluding carboxylic acids is 1. The van der Waals surface area contributed by atoms with Crippen LogP contribution in [0, 0.1) is 18.8 Å². The smallest absolute Gasteiger partial charge is 0.307 e. The fourth-order valence-electron chi connectivity index (χ4n) is 2.45. The molecule has 1 saturated carbocycles. The number of amides is 1. The van der Waals surface area contributed by atoms with Gasteiger partial charge in [-0.15, -0.1) is 0 Å². The number of hydrogen-bond donors (Lipinski definition) is 2. The molecule has 0 bridgehead atoms. The van der Waals surface area contributed by atoms with Crippen molar-refractivity contribution in [2.24, 2.45) is 11.8 Å². The molecule has 1 aliphatic carbocycles. The van der Waals surface area contributed by atoms with E-state index in [4.69, 9.17) is 9.63 Å². The van der Waals surface area contributed by atoms with E-state index in [1.54, 1.807) is 6.92 Å². The van der Waals surface area contributed by atoms with Crippen LogP contribution in [-0.4, -0.2) is 27.1 Å². The lowest BCUT2D eigenvalue weighted by atomic mass is 9.79. The van der Waals surface area contributed by atoms with Crippen LogP contribution in [0.25, 0.3) is 0 Å². The molecule has 0 aliphatic heterocycles. The molecule has 0 saturated heterocycles. The van der Waals surface area contributed by atoms with Gasteiger partial charge in [-0.2, -0.15) is 4.98 Å². The molecular formula is C12H17N3O4. The fraction of sp³-hybridized carbons (Fsp3) is 0.667. The topological polar surface area (TPSA) is 105 Å². The summed E-state index contributed by atoms with van der Waals surface area (Å²) in [7, 11) is 0. The highest BCUT2D eigenvalue weighted by atomic mass is 16.5. The van der Waals surface area contributed by atoms with Gasteiger partial charge in [-0.05, 0) is 12.8 Å². The van der Waals surface area contributed by atoms with Gasteiger partial charge < -0.3 is 14.9 Å². The highest BCUT2D eigenvalue weighted by molar-refractivity contribution is 5.84. The standard InChI is InChI=1S/C12H17N3O4/c1-7-14-10(15-19-7)6-13-11(16)8-4-2-3-5-9(8)12(17)18/h8-9H,2-6H2,1H3,(H,13,16)(H,17,18)/t8-,9+/m1/s1. The molecule has 2 atom stereocenters. The predicted molar refractivity (Wildman–Crippen MR) is 64.0 cm³/mol. The zero-order chi connectivity index (χ0) is 13.8. The highest BCUT2D eigenvalue weighted by Gasteiger charge is 2.35. The number of aromatic nitrogens is 2. The first kappa shape index (κ1) is 13.5. The lowest BCUT2D eigenvalue weighted by molar-refractivity contribution is -0.148. The minimum Gasteiger partial charge on any atom is -0.481 e. The van der Waals surface area contributed by atoms with Crippen molar-refractivity contribution in [3.63, 3.8) is 0 Å². The summed E-state index contributed by atoms with van der Waals surface area (Å²) in [5.41, 5.74) is 0. The van der Waals surface area contributed by atoms with Crippen molar-refractivity contribution in [1.29, 1.82) is 0 Å². The summed E-state index contributed by atoms with van der Waals surface area (Å²) in [6, 6.07) is 0. The Hall–Kier alpha value is -1.92. The number of aliphatic carboxylic acids is 1. The van der Waals surface area contributed by atoms with Crippen LogP contribution in [0.3, 0.4) is 0 Å². The van der Waals surface area contributed by atoms with E-state index in [0.717, 1.165) is 12.8 Å². The van der Waals surface area contributed by atoms with Crippen LogP contribution in [0.2, 0.25) is 0 Å². The van der Waals surface area contributed by atoms with Crippen molar-refractivity contribution < 1.29 is 19.2 Å². The zero-order valence-corrected chi connectivity index (χ0v) is 10.8. The van der Waals surface area contributed by atoms with Gasteiger partial charge in [0.25, 0.3) is 0 Å². The van der Waals surface area contributed by atoms with Gasteiger partial charge in [-0.1, -0.05) is 18.0 Å². The Labute approximate surface area is 110 Å². The summed E-state index contributed by atoms with van der Waals surface area (Å²) in [6.45, 7) is 1.83. The molecule has 0 unspecified atom stereocenters. The van der Waals surface area contributed by atoms with Crippen LogP contribution in [0.5, 0.6) is 0 Å². The molecule has 1 aromatic heterocycles. The summed E-state index contributed by atoms with van der Waals surface area (Å²) >= 11 is 0. The minimum atomic E-state index is -0.893. The Kier molecular flexibility index (Phi) is 4.13. The Morgan fingerprint density at radius 2 is 2.05 bits per heavy atom. The number of nitrogens with zero attached hydrogens (tertiary/aromatic N) is 2.